The summed E-state index contributed by atoms with van der Waals surface area (Å²) in [6.07, 6.45) is 0.920. The molecule has 7 nitrogen and oxygen atoms in total. The van der Waals surface area contributed by atoms with Crippen LogP contribution in [-0.4, -0.2) is 55.2 Å². The number of fused-ring (bicyclic) bond motifs is 3. The highest BCUT2D eigenvalue weighted by Gasteiger charge is 2.57. The molecule has 0 fully saturated rings. The van der Waals surface area contributed by atoms with Crippen molar-refractivity contribution in [3.8, 4) is 5.75 Å². The third kappa shape index (κ3) is 3.12. The van der Waals surface area contributed by atoms with Gasteiger partial charge in [-0.2, -0.15) is 5.10 Å². The zero-order valence-electron chi connectivity index (χ0n) is 16.9. The van der Waals surface area contributed by atoms with Gasteiger partial charge in [0.05, 0.1) is 12.5 Å². The molecule has 0 saturated heterocycles. The molecule has 0 bridgehead atoms. The van der Waals surface area contributed by atoms with Gasteiger partial charge in [-0.3, -0.25) is 14.6 Å². The number of rotatable bonds is 6. The van der Waals surface area contributed by atoms with Crippen LogP contribution in [0.2, 0.25) is 0 Å². The van der Waals surface area contributed by atoms with E-state index in [1.54, 1.807) is 11.1 Å². The van der Waals surface area contributed by atoms with Gasteiger partial charge in [-0.05, 0) is 30.5 Å². The lowest BCUT2D eigenvalue weighted by atomic mass is 9.67. The number of carbonyl (C=O) groups excluding carboxylic acids is 1. The number of ether oxygens (including phenoxy) is 1. The van der Waals surface area contributed by atoms with Crippen molar-refractivity contribution < 1.29 is 23.9 Å². The predicted octanol–water partition coefficient (Wildman–Crippen LogP) is 2.49. The van der Waals surface area contributed by atoms with Crippen LogP contribution in [0.3, 0.4) is 0 Å². The zero-order chi connectivity index (χ0) is 21.3. The summed E-state index contributed by atoms with van der Waals surface area (Å²) < 4.78 is 20.0. The number of carbonyl (C=O) groups is 1. The Hall–Kier alpha value is -2.97. The summed E-state index contributed by atoms with van der Waals surface area (Å²) in [6, 6.07) is 13.5. The molecule has 4 rings (SSSR count). The third-order valence-corrected chi connectivity index (χ3v) is 5.84. The molecule has 1 N–H and O–H groups in total. The van der Waals surface area contributed by atoms with E-state index in [0.29, 0.717) is 24.3 Å². The van der Waals surface area contributed by atoms with Gasteiger partial charge in [-0.25, -0.2) is 9.45 Å². The molecular weight excluding hydrogens is 389 g/mol. The van der Waals surface area contributed by atoms with Crippen LogP contribution < -0.4 is 9.75 Å². The highest BCUT2D eigenvalue weighted by molar-refractivity contribution is 6.43. The molecule has 8 heteroatoms. The van der Waals surface area contributed by atoms with Crippen molar-refractivity contribution in [1.29, 1.82) is 0 Å². The van der Waals surface area contributed by atoms with Gasteiger partial charge in [0.25, 0.3) is 5.91 Å². The lowest BCUT2D eigenvalue weighted by molar-refractivity contribution is -0.160. The molecule has 2 aromatic carbocycles. The smallest absolute Gasteiger partial charge is 0.294 e. The van der Waals surface area contributed by atoms with E-state index in [4.69, 9.17) is 14.7 Å². The number of anilines is 1. The van der Waals surface area contributed by atoms with Crippen molar-refractivity contribution in [2.24, 2.45) is 5.10 Å². The lowest BCUT2D eigenvalue weighted by Gasteiger charge is -2.41. The SMILES string of the molecule is CON(C)C(=O)C1=NN2c3cc(F)ccc3OCC2C1(CCCO)c1ccccc1. The number of benzene rings is 2. The van der Waals surface area contributed by atoms with E-state index in [0.717, 1.165) is 10.6 Å². The second kappa shape index (κ2) is 8.04. The topological polar surface area (TPSA) is 74.6 Å². The second-order valence-corrected chi connectivity index (χ2v) is 7.38. The number of hydroxylamine groups is 2. The van der Waals surface area contributed by atoms with Crippen molar-refractivity contribution in [3.63, 3.8) is 0 Å². The molecule has 2 heterocycles. The van der Waals surface area contributed by atoms with Gasteiger partial charge < -0.3 is 9.84 Å². The normalized spacial score (nSPS) is 22.1. The Bertz CT molecular complexity index is 968. The number of hydrazone groups is 1. The fourth-order valence-electron chi connectivity index (χ4n) is 4.35. The molecule has 0 aromatic heterocycles. The Morgan fingerprint density at radius 2 is 2.13 bits per heavy atom. The fraction of sp³-hybridized carbons (Fsp3) is 0.364. The quantitative estimate of drug-likeness (QED) is 0.737. The monoisotopic (exact) mass is 413 g/mol. The maximum absolute atomic E-state index is 14.0. The summed E-state index contributed by atoms with van der Waals surface area (Å²) in [7, 11) is 2.93. The molecule has 2 unspecified atom stereocenters. The number of aliphatic hydroxyl groups is 1. The van der Waals surface area contributed by atoms with E-state index in [9.17, 15) is 14.3 Å². The van der Waals surface area contributed by atoms with Crippen LogP contribution in [0.1, 0.15) is 18.4 Å². The molecule has 0 aliphatic carbocycles. The maximum atomic E-state index is 14.0. The van der Waals surface area contributed by atoms with Gasteiger partial charge in [0.15, 0.2) is 0 Å². The number of nitrogens with zero attached hydrogens (tertiary/aromatic N) is 3. The Kier molecular flexibility index (Phi) is 5.44. The second-order valence-electron chi connectivity index (χ2n) is 7.38. The van der Waals surface area contributed by atoms with Crippen molar-refractivity contribution in [3.05, 3.63) is 59.9 Å². The summed E-state index contributed by atoms with van der Waals surface area (Å²) in [5, 5.41) is 17.1. The molecule has 0 spiro atoms. The Morgan fingerprint density at radius 1 is 1.37 bits per heavy atom. The lowest BCUT2D eigenvalue weighted by Crippen LogP contribution is -2.55. The Labute approximate surface area is 174 Å². The van der Waals surface area contributed by atoms with E-state index in [1.807, 2.05) is 30.3 Å². The van der Waals surface area contributed by atoms with E-state index < -0.39 is 17.1 Å². The van der Waals surface area contributed by atoms with Crippen molar-refractivity contribution >= 4 is 17.3 Å². The van der Waals surface area contributed by atoms with Gasteiger partial charge in [-0.1, -0.05) is 30.3 Å². The average molecular weight is 413 g/mol. The molecule has 2 atom stereocenters. The molecule has 1 amide bonds. The first-order valence-electron chi connectivity index (χ1n) is 9.82. The molecule has 2 aromatic rings. The van der Waals surface area contributed by atoms with Crippen molar-refractivity contribution in [2.45, 2.75) is 24.3 Å². The van der Waals surface area contributed by atoms with Crippen LogP contribution in [0.5, 0.6) is 5.75 Å². The third-order valence-electron chi connectivity index (χ3n) is 5.84. The van der Waals surface area contributed by atoms with Crippen molar-refractivity contribution in [2.75, 3.05) is 32.4 Å². The fourth-order valence-corrected chi connectivity index (χ4v) is 4.35. The highest BCUT2D eigenvalue weighted by atomic mass is 19.1. The summed E-state index contributed by atoms with van der Waals surface area (Å²) in [5.74, 6) is -0.302. The van der Waals surface area contributed by atoms with Gasteiger partial charge in [0, 0.05) is 19.7 Å². The number of amides is 1. The molecule has 2 aliphatic heterocycles. The molecule has 30 heavy (non-hydrogen) atoms. The van der Waals surface area contributed by atoms with Gasteiger partial charge in [-0.15, -0.1) is 0 Å². The number of hydrogen-bond donors (Lipinski definition) is 1. The Balaban J connectivity index is 1.92. The van der Waals surface area contributed by atoms with Gasteiger partial charge in [0.2, 0.25) is 0 Å². The van der Waals surface area contributed by atoms with Crippen LogP contribution in [-0.2, 0) is 15.0 Å². The predicted molar refractivity (Wildman–Crippen MR) is 110 cm³/mol. The number of halogens is 1. The number of aliphatic hydroxyl groups excluding tert-OH is 1. The molecule has 0 radical (unpaired) electrons. The van der Waals surface area contributed by atoms with Crippen LogP contribution in [0.4, 0.5) is 10.1 Å². The molecule has 0 saturated carbocycles. The number of hydrogen-bond acceptors (Lipinski definition) is 6. The van der Waals surface area contributed by atoms with Crippen LogP contribution in [0, 0.1) is 5.82 Å². The van der Waals surface area contributed by atoms with E-state index >= 15 is 0 Å². The highest BCUT2D eigenvalue weighted by Crippen LogP contribution is 2.48. The molecular formula is C22H24FN3O4. The minimum Gasteiger partial charge on any atom is -0.489 e. The van der Waals surface area contributed by atoms with Gasteiger partial charge in [0.1, 0.15) is 35.6 Å². The van der Waals surface area contributed by atoms with E-state index in [2.05, 4.69) is 0 Å². The zero-order valence-corrected chi connectivity index (χ0v) is 16.9. The van der Waals surface area contributed by atoms with Gasteiger partial charge >= 0.3 is 0 Å². The molecule has 2 aliphatic rings. The first kappa shape index (κ1) is 20.3. The summed E-state index contributed by atoms with van der Waals surface area (Å²) >= 11 is 0. The maximum Gasteiger partial charge on any atom is 0.294 e. The summed E-state index contributed by atoms with van der Waals surface area (Å²) in [4.78, 5) is 18.5. The van der Waals surface area contributed by atoms with Crippen LogP contribution in [0.25, 0.3) is 0 Å². The molecule has 158 valence electrons. The van der Waals surface area contributed by atoms with E-state index in [1.165, 1.54) is 26.3 Å². The summed E-state index contributed by atoms with van der Waals surface area (Å²) in [5.41, 5.74) is 0.763. The first-order valence-corrected chi connectivity index (χ1v) is 9.82. The Morgan fingerprint density at radius 3 is 2.83 bits per heavy atom. The standard InChI is InChI=1S/C22H24FN3O4/c1-25(29-2)21(28)20-22(11-6-12-27,15-7-4-3-5-8-15)19-14-30-18-10-9-16(23)13-17(18)26(19)24-20/h3-5,7-10,13,19,27H,6,11-12,14H2,1-2H3. The minimum atomic E-state index is -0.863. The van der Waals surface area contributed by atoms with E-state index in [-0.39, 0.29) is 25.0 Å². The largest absolute Gasteiger partial charge is 0.489 e. The van der Waals surface area contributed by atoms with Crippen LogP contribution >= 0.6 is 0 Å². The summed E-state index contributed by atoms with van der Waals surface area (Å²) in [6.45, 7) is 0.227. The van der Waals surface area contributed by atoms with Crippen molar-refractivity contribution in [1.82, 2.24) is 5.06 Å². The minimum absolute atomic E-state index is 0.0328. The first-order chi connectivity index (χ1) is 14.5. The van der Waals surface area contributed by atoms with Crippen LogP contribution in [0.15, 0.2) is 53.6 Å². The average Bonchev–Trinajstić information content (AvgIpc) is 3.12.